The summed E-state index contributed by atoms with van der Waals surface area (Å²) >= 11 is 0. The van der Waals surface area contributed by atoms with Crippen LogP contribution in [-0.2, 0) is 19.9 Å². The number of nitrogens with zero attached hydrogens (tertiary/aromatic N) is 1. The molecule has 0 spiro atoms. The number of rotatable bonds is 3. The van der Waals surface area contributed by atoms with E-state index in [4.69, 9.17) is 0 Å². The molecule has 0 aliphatic heterocycles. The van der Waals surface area contributed by atoms with Crippen molar-refractivity contribution in [2.45, 2.75) is 5.51 Å². The van der Waals surface area contributed by atoms with Crippen molar-refractivity contribution >= 4 is 19.9 Å². The van der Waals surface area contributed by atoms with Crippen molar-refractivity contribution in [3.8, 4) is 0 Å². The van der Waals surface area contributed by atoms with Gasteiger partial charge in [-0.05, 0) is 0 Å². The first-order valence-electron chi connectivity index (χ1n) is 3.08. The van der Waals surface area contributed by atoms with Crippen molar-refractivity contribution in [1.29, 1.82) is 0 Å². The van der Waals surface area contributed by atoms with Gasteiger partial charge in [-0.1, -0.05) is 0 Å². The van der Waals surface area contributed by atoms with Crippen LogP contribution in [0.15, 0.2) is 0 Å². The number of alkyl halides is 3. The van der Waals surface area contributed by atoms with Crippen LogP contribution in [0.1, 0.15) is 0 Å². The largest absolute Gasteiger partial charge is 0.498 e. The molecule has 0 aromatic heterocycles. The predicted octanol–water partition coefficient (Wildman–Crippen LogP) is -0.230. The minimum Gasteiger partial charge on any atom is -0.218 e. The number of hydrogen-bond acceptors (Lipinski definition) is 4. The van der Waals surface area contributed by atoms with E-state index in [0.717, 1.165) is 7.05 Å². The quantitative estimate of drug-likeness (QED) is 0.698. The van der Waals surface area contributed by atoms with E-state index in [1.807, 2.05) is 0 Å². The van der Waals surface area contributed by atoms with Gasteiger partial charge in [-0.2, -0.15) is 17.5 Å². The standard InChI is InChI=1S/C4H8F3NO4S2/c1-8(13(2,9)10)3-14(11,12)4(5,6)7/h3H2,1-2H3. The first-order valence-corrected chi connectivity index (χ1v) is 6.58. The molecule has 0 aliphatic rings. The second-order valence-corrected chi connectivity index (χ2v) is 6.59. The summed E-state index contributed by atoms with van der Waals surface area (Å²) in [4.78, 5) is 0. The van der Waals surface area contributed by atoms with Crippen molar-refractivity contribution in [2.24, 2.45) is 0 Å². The average Bonchev–Trinajstić information content (AvgIpc) is 1.80. The predicted molar refractivity (Wildman–Crippen MR) is 42.4 cm³/mol. The third kappa shape index (κ3) is 3.42. The zero-order chi connectivity index (χ0) is 11.8. The molecule has 0 saturated carbocycles. The Hall–Kier alpha value is -0.350. The van der Waals surface area contributed by atoms with Crippen molar-refractivity contribution in [3.05, 3.63) is 0 Å². The van der Waals surface area contributed by atoms with E-state index in [-0.39, 0.29) is 4.31 Å². The van der Waals surface area contributed by atoms with Crippen molar-refractivity contribution in [3.63, 3.8) is 0 Å². The number of sulfone groups is 1. The molecule has 10 heteroatoms. The van der Waals surface area contributed by atoms with Crippen molar-refractivity contribution in [2.75, 3.05) is 19.2 Å². The molecular formula is C4H8F3NO4S2. The summed E-state index contributed by atoms with van der Waals surface area (Å²) in [6.45, 7) is 0. The maximum absolute atomic E-state index is 11.8. The van der Waals surface area contributed by atoms with Gasteiger partial charge in [0.25, 0.3) is 9.84 Å². The van der Waals surface area contributed by atoms with E-state index in [0.29, 0.717) is 6.26 Å². The van der Waals surface area contributed by atoms with Gasteiger partial charge < -0.3 is 0 Å². The van der Waals surface area contributed by atoms with E-state index in [2.05, 4.69) is 0 Å². The van der Waals surface area contributed by atoms with E-state index < -0.39 is 31.2 Å². The van der Waals surface area contributed by atoms with E-state index in [1.54, 1.807) is 0 Å². The number of halogens is 3. The Morgan fingerprint density at radius 1 is 1.14 bits per heavy atom. The van der Waals surface area contributed by atoms with Gasteiger partial charge in [0.2, 0.25) is 10.0 Å². The lowest BCUT2D eigenvalue weighted by Gasteiger charge is -2.15. The summed E-state index contributed by atoms with van der Waals surface area (Å²) in [6.07, 6.45) is 0.610. The molecule has 0 N–H and O–H groups in total. The van der Waals surface area contributed by atoms with Crippen LogP contribution in [0, 0.1) is 0 Å². The smallest absolute Gasteiger partial charge is 0.218 e. The molecule has 0 unspecified atom stereocenters. The summed E-state index contributed by atoms with van der Waals surface area (Å²) in [7, 11) is -8.63. The molecule has 0 radical (unpaired) electrons. The van der Waals surface area contributed by atoms with Crippen LogP contribution in [-0.4, -0.2) is 45.8 Å². The third-order valence-corrected chi connectivity index (χ3v) is 4.13. The Morgan fingerprint density at radius 3 is 1.71 bits per heavy atom. The maximum atomic E-state index is 11.8. The topological polar surface area (TPSA) is 71.5 Å². The lowest BCUT2D eigenvalue weighted by Crippen LogP contribution is -2.37. The van der Waals surface area contributed by atoms with Gasteiger partial charge in [0.1, 0.15) is 5.88 Å². The summed E-state index contributed by atoms with van der Waals surface area (Å²) < 4.78 is 77.6. The fourth-order valence-corrected chi connectivity index (χ4v) is 2.22. The lowest BCUT2D eigenvalue weighted by molar-refractivity contribution is -0.0440. The minimum atomic E-state index is -5.44. The van der Waals surface area contributed by atoms with Gasteiger partial charge >= 0.3 is 5.51 Å². The van der Waals surface area contributed by atoms with Crippen LogP contribution in [0.2, 0.25) is 0 Å². The molecule has 0 aromatic carbocycles. The van der Waals surface area contributed by atoms with Crippen molar-refractivity contribution in [1.82, 2.24) is 4.31 Å². The maximum Gasteiger partial charge on any atom is 0.498 e. The second-order valence-electron chi connectivity index (χ2n) is 2.55. The molecule has 0 aromatic rings. The van der Waals surface area contributed by atoms with E-state index >= 15 is 0 Å². The van der Waals surface area contributed by atoms with Crippen LogP contribution >= 0.6 is 0 Å². The molecule has 0 heterocycles. The first kappa shape index (κ1) is 13.7. The molecule has 0 amide bonds. The van der Waals surface area contributed by atoms with Crippen LogP contribution in [0.5, 0.6) is 0 Å². The Kier molecular flexibility index (Phi) is 3.57. The zero-order valence-corrected chi connectivity index (χ0v) is 8.87. The van der Waals surface area contributed by atoms with E-state index in [1.165, 1.54) is 0 Å². The fraction of sp³-hybridized carbons (Fsp3) is 1.00. The highest BCUT2D eigenvalue weighted by Gasteiger charge is 2.46. The van der Waals surface area contributed by atoms with Gasteiger partial charge in [0, 0.05) is 7.05 Å². The molecule has 0 rings (SSSR count). The highest BCUT2D eigenvalue weighted by Crippen LogP contribution is 2.24. The Bertz CT molecular complexity index is 395. The SMILES string of the molecule is CN(CS(=O)(=O)C(F)(F)F)S(C)(=O)=O. The molecule has 0 atom stereocenters. The minimum absolute atomic E-state index is 0.107. The summed E-state index contributed by atoms with van der Waals surface area (Å²) in [5.74, 6) is -1.60. The highest BCUT2D eigenvalue weighted by atomic mass is 32.2. The van der Waals surface area contributed by atoms with Gasteiger partial charge in [-0.15, -0.1) is 0 Å². The second kappa shape index (κ2) is 3.66. The van der Waals surface area contributed by atoms with Gasteiger partial charge in [0.05, 0.1) is 6.26 Å². The Balaban J connectivity index is 4.91. The Labute approximate surface area is 79.5 Å². The lowest BCUT2D eigenvalue weighted by atomic mass is 11.2. The van der Waals surface area contributed by atoms with Gasteiger partial charge in [0.15, 0.2) is 0 Å². The first-order chi connectivity index (χ1) is 5.88. The normalized spacial score (nSPS) is 14.7. The van der Waals surface area contributed by atoms with Crippen LogP contribution < -0.4 is 0 Å². The monoisotopic (exact) mass is 255 g/mol. The van der Waals surface area contributed by atoms with Gasteiger partial charge in [-0.3, -0.25) is 0 Å². The molecule has 86 valence electrons. The average molecular weight is 255 g/mol. The molecule has 0 aliphatic carbocycles. The highest BCUT2D eigenvalue weighted by molar-refractivity contribution is 7.94. The molecule has 0 fully saturated rings. The fourth-order valence-electron chi connectivity index (χ4n) is 0.408. The number of sulfonamides is 1. The zero-order valence-electron chi connectivity index (χ0n) is 7.24. The van der Waals surface area contributed by atoms with Crippen molar-refractivity contribution < 1.29 is 30.0 Å². The third-order valence-electron chi connectivity index (χ3n) is 1.27. The summed E-state index contributed by atoms with van der Waals surface area (Å²) in [6, 6.07) is 0. The Morgan fingerprint density at radius 2 is 1.50 bits per heavy atom. The van der Waals surface area contributed by atoms with Crippen LogP contribution in [0.4, 0.5) is 13.2 Å². The summed E-state index contributed by atoms with van der Waals surface area (Å²) in [5.41, 5.74) is -5.44. The molecular weight excluding hydrogens is 247 g/mol. The molecule has 0 saturated heterocycles. The molecule has 5 nitrogen and oxygen atoms in total. The molecule has 0 bridgehead atoms. The molecule has 14 heavy (non-hydrogen) atoms. The summed E-state index contributed by atoms with van der Waals surface area (Å²) in [5, 5.41) is 0. The van der Waals surface area contributed by atoms with Crippen LogP contribution in [0.25, 0.3) is 0 Å². The number of hydrogen-bond donors (Lipinski definition) is 0. The van der Waals surface area contributed by atoms with Gasteiger partial charge in [-0.25, -0.2) is 16.8 Å². The van der Waals surface area contributed by atoms with E-state index in [9.17, 15) is 30.0 Å². The van der Waals surface area contributed by atoms with Crippen LogP contribution in [0.3, 0.4) is 0 Å².